The van der Waals surface area contributed by atoms with Gasteiger partial charge in [-0.25, -0.2) is 0 Å². The molecule has 0 amide bonds. The van der Waals surface area contributed by atoms with Crippen molar-refractivity contribution in [1.82, 2.24) is 9.78 Å². The molecular weight excluding hydrogens is 248 g/mol. The van der Waals surface area contributed by atoms with Gasteiger partial charge in [-0.3, -0.25) is 9.48 Å². The van der Waals surface area contributed by atoms with Crippen LogP contribution in [0.25, 0.3) is 0 Å². The molecule has 3 nitrogen and oxygen atoms in total. The molecule has 0 saturated heterocycles. The molecule has 0 unspecified atom stereocenters. The molecule has 1 heterocycles. The highest BCUT2D eigenvalue weighted by atomic mass is 35.5. The van der Waals surface area contributed by atoms with E-state index in [1.54, 1.807) is 29.1 Å². The summed E-state index contributed by atoms with van der Waals surface area (Å²) in [5.41, 5.74) is 2.15. The number of aromatic nitrogens is 2. The van der Waals surface area contributed by atoms with E-state index in [-0.39, 0.29) is 5.78 Å². The quantitative estimate of drug-likeness (QED) is 0.791. The molecule has 1 aromatic carbocycles. The number of benzene rings is 1. The van der Waals surface area contributed by atoms with Gasteiger partial charge in [0, 0.05) is 18.3 Å². The maximum absolute atomic E-state index is 12.4. The van der Waals surface area contributed by atoms with E-state index in [0.717, 1.165) is 18.5 Å². The summed E-state index contributed by atoms with van der Waals surface area (Å²) in [5, 5.41) is 4.64. The first-order chi connectivity index (χ1) is 8.63. The first-order valence-electron chi connectivity index (χ1n) is 5.96. The van der Waals surface area contributed by atoms with E-state index in [1.807, 2.05) is 13.0 Å². The third kappa shape index (κ3) is 2.46. The van der Waals surface area contributed by atoms with Crippen LogP contribution in [-0.4, -0.2) is 15.6 Å². The molecule has 0 N–H and O–H groups in total. The summed E-state index contributed by atoms with van der Waals surface area (Å²) in [6, 6.07) is 7.19. The molecule has 94 valence electrons. The maximum atomic E-state index is 12.4. The van der Waals surface area contributed by atoms with Crippen molar-refractivity contribution in [2.24, 2.45) is 0 Å². The van der Waals surface area contributed by atoms with Gasteiger partial charge in [0.25, 0.3) is 0 Å². The Morgan fingerprint density at radius 3 is 2.83 bits per heavy atom. The zero-order valence-corrected chi connectivity index (χ0v) is 11.2. The standard InChI is InChI=1S/C14H15ClN2O/c1-3-8-17-13(6-7-16-17)14(18)11-5-4-10(2)9-12(11)15/h4-7,9H,3,8H2,1-2H3. The smallest absolute Gasteiger partial charge is 0.212 e. The number of rotatable bonds is 4. The first kappa shape index (κ1) is 12.8. The summed E-state index contributed by atoms with van der Waals surface area (Å²) in [5.74, 6) is -0.0778. The van der Waals surface area contributed by atoms with E-state index in [2.05, 4.69) is 12.0 Å². The fourth-order valence-electron chi connectivity index (χ4n) is 1.86. The van der Waals surface area contributed by atoms with Gasteiger partial charge in [0.05, 0.1) is 5.02 Å². The number of carbonyl (C=O) groups is 1. The molecule has 4 heteroatoms. The molecule has 0 saturated carbocycles. The van der Waals surface area contributed by atoms with E-state index in [4.69, 9.17) is 11.6 Å². The number of ketones is 1. The van der Waals surface area contributed by atoms with Gasteiger partial charge in [-0.05, 0) is 37.1 Å². The number of halogens is 1. The molecule has 0 fully saturated rings. The zero-order valence-electron chi connectivity index (χ0n) is 10.5. The van der Waals surface area contributed by atoms with Gasteiger partial charge in [0.15, 0.2) is 0 Å². The van der Waals surface area contributed by atoms with Gasteiger partial charge in [-0.15, -0.1) is 0 Å². The summed E-state index contributed by atoms with van der Waals surface area (Å²) >= 11 is 6.12. The van der Waals surface area contributed by atoms with Crippen molar-refractivity contribution in [3.63, 3.8) is 0 Å². The molecule has 18 heavy (non-hydrogen) atoms. The van der Waals surface area contributed by atoms with Crippen LogP contribution in [0.15, 0.2) is 30.5 Å². The summed E-state index contributed by atoms with van der Waals surface area (Å²) in [6.07, 6.45) is 2.58. The Hall–Kier alpha value is -1.61. The second kappa shape index (κ2) is 5.36. The highest BCUT2D eigenvalue weighted by Gasteiger charge is 2.16. The fraction of sp³-hybridized carbons (Fsp3) is 0.286. The van der Waals surface area contributed by atoms with E-state index < -0.39 is 0 Å². The monoisotopic (exact) mass is 262 g/mol. The minimum atomic E-state index is -0.0778. The van der Waals surface area contributed by atoms with Crippen LogP contribution >= 0.6 is 11.6 Å². The van der Waals surface area contributed by atoms with Crippen molar-refractivity contribution in [1.29, 1.82) is 0 Å². The number of hydrogen-bond acceptors (Lipinski definition) is 2. The first-order valence-corrected chi connectivity index (χ1v) is 6.34. The molecule has 0 radical (unpaired) electrons. The Morgan fingerprint density at radius 1 is 1.39 bits per heavy atom. The van der Waals surface area contributed by atoms with Crippen LogP contribution in [0.5, 0.6) is 0 Å². The van der Waals surface area contributed by atoms with Crippen molar-refractivity contribution >= 4 is 17.4 Å². The third-order valence-electron chi connectivity index (χ3n) is 2.75. The van der Waals surface area contributed by atoms with Crippen molar-refractivity contribution in [2.45, 2.75) is 26.8 Å². The van der Waals surface area contributed by atoms with Crippen LogP contribution < -0.4 is 0 Å². The Morgan fingerprint density at radius 2 is 2.17 bits per heavy atom. The summed E-state index contributed by atoms with van der Waals surface area (Å²) in [7, 11) is 0. The topological polar surface area (TPSA) is 34.9 Å². The molecule has 0 atom stereocenters. The summed E-state index contributed by atoms with van der Waals surface area (Å²) < 4.78 is 1.72. The second-order valence-corrected chi connectivity index (χ2v) is 4.66. The maximum Gasteiger partial charge on any atom is 0.212 e. The van der Waals surface area contributed by atoms with Gasteiger partial charge >= 0.3 is 0 Å². The van der Waals surface area contributed by atoms with Crippen LogP contribution in [0.4, 0.5) is 0 Å². The van der Waals surface area contributed by atoms with Gasteiger partial charge in [0.1, 0.15) is 5.69 Å². The number of hydrogen-bond donors (Lipinski definition) is 0. The largest absolute Gasteiger partial charge is 0.287 e. The lowest BCUT2D eigenvalue weighted by Gasteiger charge is -2.07. The molecule has 0 aliphatic carbocycles. The molecule has 2 aromatic rings. The Bertz CT molecular complexity index is 575. The Labute approximate surface area is 111 Å². The Balaban J connectivity index is 2.38. The third-order valence-corrected chi connectivity index (χ3v) is 3.07. The average Bonchev–Trinajstić information content (AvgIpc) is 2.77. The molecule has 0 aliphatic heterocycles. The van der Waals surface area contributed by atoms with Crippen molar-refractivity contribution in [2.75, 3.05) is 0 Å². The van der Waals surface area contributed by atoms with Crippen LogP contribution in [0, 0.1) is 6.92 Å². The number of nitrogens with zero attached hydrogens (tertiary/aromatic N) is 2. The van der Waals surface area contributed by atoms with Crippen LogP contribution in [-0.2, 0) is 6.54 Å². The van der Waals surface area contributed by atoms with Gasteiger partial charge in [0.2, 0.25) is 5.78 Å². The molecule has 0 spiro atoms. The van der Waals surface area contributed by atoms with E-state index in [1.165, 1.54) is 0 Å². The second-order valence-electron chi connectivity index (χ2n) is 4.25. The zero-order chi connectivity index (χ0) is 13.1. The number of carbonyl (C=O) groups excluding carboxylic acids is 1. The SMILES string of the molecule is CCCn1nccc1C(=O)c1ccc(C)cc1Cl. The van der Waals surface area contributed by atoms with Gasteiger partial charge in [-0.1, -0.05) is 24.6 Å². The lowest BCUT2D eigenvalue weighted by Crippen LogP contribution is -2.11. The van der Waals surface area contributed by atoms with Gasteiger partial charge in [-0.2, -0.15) is 5.10 Å². The van der Waals surface area contributed by atoms with Gasteiger partial charge < -0.3 is 0 Å². The van der Waals surface area contributed by atoms with Crippen molar-refractivity contribution in [3.8, 4) is 0 Å². The summed E-state index contributed by atoms with van der Waals surface area (Å²) in [6.45, 7) is 4.73. The van der Waals surface area contributed by atoms with E-state index in [9.17, 15) is 4.79 Å². The Kier molecular flexibility index (Phi) is 3.82. The predicted molar refractivity (Wildman–Crippen MR) is 72.1 cm³/mol. The van der Waals surface area contributed by atoms with Crippen LogP contribution in [0.2, 0.25) is 5.02 Å². The highest BCUT2D eigenvalue weighted by Crippen LogP contribution is 2.21. The fourth-order valence-corrected chi connectivity index (χ4v) is 2.18. The normalized spacial score (nSPS) is 10.6. The minimum absolute atomic E-state index is 0.0778. The molecule has 1 aromatic heterocycles. The van der Waals surface area contributed by atoms with Crippen LogP contribution in [0.3, 0.4) is 0 Å². The lowest BCUT2D eigenvalue weighted by atomic mass is 10.1. The molecule has 2 rings (SSSR count). The minimum Gasteiger partial charge on any atom is -0.287 e. The molecule has 0 aliphatic rings. The van der Waals surface area contributed by atoms with Crippen molar-refractivity contribution in [3.05, 3.63) is 52.3 Å². The number of aryl methyl sites for hydroxylation is 2. The molecular formula is C14H15ClN2O. The average molecular weight is 263 g/mol. The van der Waals surface area contributed by atoms with Crippen LogP contribution in [0.1, 0.15) is 35.0 Å². The predicted octanol–water partition coefficient (Wildman–Crippen LogP) is 3.49. The lowest BCUT2D eigenvalue weighted by molar-refractivity contribution is 0.102. The van der Waals surface area contributed by atoms with E-state index in [0.29, 0.717) is 16.3 Å². The van der Waals surface area contributed by atoms with Crippen molar-refractivity contribution < 1.29 is 4.79 Å². The van der Waals surface area contributed by atoms with E-state index >= 15 is 0 Å². The highest BCUT2D eigenvalue weighted by molar-refractivity contribution is 6.34. The summed E-state index contributed by atoms with van der Waals surface area (Å²) in [4.78, 5) is 12.4. The molecule has 0 bridgehead atoms.